The molecule has 1 rings (SSSR count). The zero-order chi connectivity index (χ0) is 15.3. The smallest absolute Gasteiger partial charge is 0.426 e. The van der Waals surface area contributed by atoms with Gasteiger partial charge in [-0.1, -0.05) is 18.3 Å². The molecule has 110 valence electrons. The predicted octanol–water partition coefficient (Wildman–Crippen LogP) is 2.86. The van der Waals surface area contributed by atoms with Gasteiger partial charge in [-0.15, -0.1) is 0 Å². The highest BCUT2D eigenvalue weighted by Gasteiger charge is 2.16. The minimum atomic E-state index is -0.695. The number of carbonyl (C=O) groups is 1. The van der Waals surface area contributed by atoms with Crippen molar-refractivity contribution in [1.29, 1.82) is 0 Å². The number of hydrogen-bond donors (Lipinski definition) is 2. The number of ether oxygens (including phenoxy) is 1. The summed E-state index contributed by atoms with van der Waals surface area (Å²) in [5.74, 6) is -1.34. The van der Waals surface area contributed by atoms with E-state index in [1.54, 1.807) is 20.8 Å². The number of halogens is 2. The van der Waals surface area contributed by atoms with Crippen molar-refractivity contribution < 1.29 is 18.3 Å². The molecule has 0 aliphatic rings. The van der Waals surface area contributed by atoms with Crippen LogP contribution in [0.3, 0.4) is 0 Å². The fraction of sp³-hybridized carbons (Fsp3) is 0.385. The van der Waals surface area contributed by atoms with Gasteiger partial charge in [-0.25, -0.2) is 19.0 Å². The first-order valence-corrected chi connectivity index (χ1v) is 6.30. The van der Waals surface area contributed by atoms with Gasteiger partial charge >= 0.3 is 6.09 Å². The molecule has 1 aromatic rings. The van der Waals surface area contributed by atoms with Gasteiger partial charge in [0.15, 0.2) is 0 Å². The van der Waals surface area contributed by atoms with E-state index in [2.05, 4.69) is 10.9 Å². The molecular weight excluding hydrogens is 286 g/mol. The summed E-state index contributed by atoms with van der Waals surface area (Å²) < 4.78 is 31.1. The Labute approximate surface area is 121 Å². The molecule has 2 N–H and O–H groups in total. The third-order valence-electron chi connectivity index (χ3n) is 2.07. The lowest BCUT2D eigenvalue weighted by Crippen LogP contribution is -2.44. The SMILES string of the molecule is CC(C)(C)OC(=O)NNC(=S)Cc1ccc(F)cc1F. The third kappa shape index (κ3) is 5.92. The molecule has 0 heterocycles. The highest BCUT2D eigenvalue weighted by atomic mass is 32.1. The molecule has 1 aromatic carbocycles. The van der Waals surface area contributed by atoms with Crippen molar-refractivity contribution in [2.75, 3.05) is 0 Å². The van der Waals surface area contributed by atoms with Crippen molar-refractivity contribution >= 4 is 23.3 Å². The van der Waals surface area contributed by atoms with Crippen molar-refractivity contribution in [1.82, 2.24) is 10.9 Å². The summed E-state index contributed by atoms with van der Waals surface area (Å²) in [4.78, 5) is 11.5. The van der Waals surface area contributed by atoms with E-state index in [0.29, 0.717) is 0 Å². The molecule has 20 heavy (non-hydrogen) atoms. The Balaban J connectivity index is 2.46. The van der Waals surface area contributed by atoms with Gasteiger partial charge in [0.2, 0.25) is 0 Å². The maximum absolute atomic E-state index is 13.4. The number of amides is 1. The van der Waals surface area contributed by atoms with Crippen molar-refractivity contribution in [3.05, 3.63) is 35.4 Å². The topological polar surface area (TPSA) is 50.4 Å². The molecule has 4 nitrogen and oxygen atoms in total. The summed E-state index contributed by atoms with van der Waals surface area (Å²) in [6.07, 6.45) is -0.656. The van der Waals surface area contributed by atoms with E-state index in [1.165, 1.54) is 6.07 Å². The Morgan fingerprint density at radius 2 is 1.95 bits per heavy atom. The molecule has 0 fully saturated rings. The second-order valence-electron chi connectivity index (χ2n) is 5.09. The number of thiocarbonyl (C=S) groups is 1. The fourth-order valence-corrected chi connectivity index (χ4v) is 1.51. The molecule has 0 atom stereocenters. The molecule has 0 bridgehead atoms. The standard InChI is InChI=1S/C13H16F2N2O2S/c1-13(2,3)19-12(18)17-16-11(20)6-8-4-5-9(14)7-10(8)15/h4-5,7H,6H2,1-3H3,(H,16,20)(H,17,18). The van der Waals surface area contributed by atoms with Gasteiger partial charge in [0, 0.05) is 12.5 Å². The quantitative estimate of drug-likeness (QED) is 0.651. The first-order chi connectivity index (χ1) is 9.17. The molecule has 1 amide bonds. The van der Waals surface area contributed by atoms with Crippen LogP contribution < -0.4 is 10.9 Å². The van der Waals surface area contributed by atoms with Gasteiger partial charge in [0.1, 0.15) is 17.2 Å². The van der Waals surface area contributed by atoms with Crippen molar-refractivity contribution in [2.45, 2.75) is 32.8 Å². The maximum Gasteiger partial charge on any atom is 0.426 e. The number of hydrazine groups is 1. The summed E-state index contributed by atoms with van der Waals surface area (Å²) in [5.41, 5.74) is 4.29. The normalized spacial score (nSPS) is 10.8. The van der Waals surface area contributed by atoms with Gasteiger partial charge in [-0.3, -0.25) is 5.43 Å². The number of rotatable bonds is 2. The van der Waals surface area contributed by atoms with Crippen molar-refractivity contribution in [3.8, 4) is 0 Å². The Bertz CT molecular complexity index is 516. The van der Waals surface area contributed by atoms with Crippen molar-refractivity contribution in [3.63, 3.8) is 0 Å². The van der Waals surface area contributed by atoms with Crippen LogP contribution in [0.2, 0.25) is 0 Å². The molecule has 0 spiro atoms. The van der Waals surface area contributed by atoms with Gasteiger partial charge in [-0.2, -0.15) is 0 Å². The van der Waals surface area contributed by atoms with Crippen LogP contribution >= 0.6 is 12.2 Å². The first kappa shape index (κ1) is 16.3. The summed E-state index contributed by atoms with van der Waals surface area (Å²) in [6.45, 7) is 5.16. The maximum atomic E-state index is 13.4. The minimum Gasteiger partial charge on any atom is -0.443 e. The average molecular weight is 302 g/mol. The number of carbonyl (C=O) groups excluding carboxylic acids is 1. The minimum absolute atomic E-state index is 0.0389. The van der Waals surface area contributed by atoms with Crippen LogP contribution in [0.4, 0.5) is 13.6 Å². The molecular formula is C13H16F2N2O2S. The van der Waals surface area contributed by atoms with Crippen LogP contribution in [0.25, 0.3) is 0 Å². The van der Waals surface area contributed by atoms with Crippen LogP contribution in [0.15, 0.2) is 18.2 Å². The van der Waals surface area contributed by atoms with E-state index in [4.69, 9.17) is 17.0 Å². The van der Waals surface area contributed by atoms with Gasteiger partial charge in [0.25, 0.3) is 0 Å². The Morgan fingerprint density at radius 1 is 1.30 bits per heavy atom. The molecule has 0 unspecified atom stereocenters. The summed E-state index contributed by atoms with van der Waals surface area (Å²) in [7, 11) is 0. The molecule has 0 aromatic heterocycles. The van der Waals surface area contributed by atoms with E-state index in [1.807, 2.05) is 0 Å². The van der Waals surface area contributed by atoms with Crippen molar-refractivity contribution in [2.24, 2.45) is 0 Å². The Kier molecular flexibility index (Phi) is 5.38. The number of benzene rings is 1. The van der Waals surface area contributed by atoms with Gasteiger partial charge in [-0.05, 0) is 32.4 Å². The van der Waals surface area contributed by atoms with E-state index in [0.717, 1.165) is 12.1 Å². The second kappa shape index (κ2) is 6.60. The molecule has 0 saturated carbocycles. The Morgan fingerprint density at radius 3 is 2.50 bits per heavy atom. The summed E-state index contributed by atoms with van der Waals surface area (Å²) >= 11 is 4.95. The first-order valence-electron chi connectivity index (χ1n) is 5.89. The molecule has 0 aliphatic carbocycles. The van der Waals surface area contributed by atoms with Gasteiger partial charge in [0.05, 0.1) is 4.99 Å². The van der Waals surface area contributed by atoms with Crippen LogP contribution in [0, 0.1) is 11.6 Å². The van der Waals surface area contributed by atoms with E-state index in [9.17, 15) is 13.6 Å². The molecule has 0 aliphatic heterocycles. The average Bonchev–Trinajstić information content (AvgIpc) is 2.28. The fourth-order valence-electron chi connectivity index (χ4n) is 1.31. The van der Waals surface area contributed by atoms with Crippen LogP contribution in [-0.4, -0.2) is 16.7 Å². The highest BCUT2D eigenvalue weighted by molar-refractivity contribution is 7.80. The zero-order valence-electron chi connectivity index (χ0n) is 11.4. The number of hydrogen-bond acceptors (Lipinski definition) is 3. The Hall–Kier alpha value is -1.76. The monoisotopic (exact) mass is 302 g/mol. The van der Waals surface area contributed by atoms with Crippen LogP contribution in [0.5, 0.6) is 0 Å². The third-order valence-corrected chi connectivity index (χ3v) is 2.32. The largest absolute Gasteiger partial charge is 0.443 e. The number of nitrogens with one attached hydrogen (secondary N) is 2. The van der Waals surface area contributed by atoms with E-state index < -0.39 is 23.3 Å². The highest BCUT2D eigenvalue weighted by Crippen LogP contribution is 2.10. The molecule has 0 radical (unpaired) electrons. The molecule has 7 heteroatoms. The summed E-state index contributed by atoms with van der Waals surface area (Å²) in [5, 5.41) is 0. The van der Waals surface area contributed by atoms with E-state index >= 15 is 0 Å². The zero-order valence-corrected chi connectivity index (χ0v) is 12.2. The van der Waals surface area contributed by atoms with Gasteiger partial charge < -0.3 is 4.74 Å². The lowest BCUT2D eigenvalue weighted by Gasteiger charge is -2.20. The summed E-state index contributed by atoms with van der Waals surface area (Å²) in [6, 6.07) is 3.22. The second-order valence-corrected chi connectivity index (χ2v) is 5.58. The predicted molar refractivity (Wildman–Crippen MR) is 75.2 cm³/mol. The van der Waals surface area contributed by atoms with E-state index in [-0.39, 0.29) is 17.0 Å². The van der Waals surface area contributed by atoms with Crippen LogP contribution in [0.1, 0.15) is 26.3 Å². The van der Waals surface area contributed by atoms with Crippen LogP contribution in [-0.2, 0) is 11.2 Å². The molecule has 0 saturated heterocycles. The lowest BCUT2D eigenvalue weighted by atomic mass is 10.1. The lowest BCUT2D eigenvalue weighted by molar-refractivity contribution is 0.0513.